The van der Waals surface area contributed by atoms with Crippen LogP contribution in [0, 0.1) is 12.8 Å². The second-order valence-electron chi connectivity index (χ2n) is 5.05. The molecule has 19 heavy (non-hydrogen) atoms. The Bertz CT molecular complexity index is 468. The topological polar surface area (TPSA) is 96.4 Å². The maximum Gasteiger partial charge on any atom is 0.306 e. The molecule has 0 radical (unpaired) electrons. The number of anilines is 1. The third kappa shape index (κ3) is 3.61. The maximum atomic E-state index is 10.9. The van der Waals surface area contributed by atoms with Gasteiger partial charge in [-0.1, -0.05) is 11.3 Å². The van der Waals surface area contributed by atoms with Crippen molar-refractivity contribution in [3.8, 4) is 0 Å². The molecule has 5 nitrogen and oxygen atoms in total. The van der Waals surface area contributed by atoms with Gasteiger partial charge in [0.15, 0.2) is 5.13 Å². The molecule has 4 N–H and O–H groups in total. The van der Waals surface area contributed by atoms with Crippen molar-refractivity contribution in [1.29, 1.82) is 0 Å². The number of aromatic nitrogens is 1. The SMILES string of the molecule is Cc1nc(N)sc1SCC1(O)CCC(C(=O)O)CC1. The average Bonchev–Trinajstić information content (AvgIpc) is 2.66. The number of rotatable bonds is 4. The minimum Gasteiger partial charge on any atom is -0.481 e. The lowest BCUT2D eigenvalue weighted by atomic mass is 9.80. The van der Waals surface area contributed by atoms with Crippen LogP contribution in [0.25, 0.3) is 0 Å². The predicted octanol–water partition coefficient (Wildman–Crippen LogP) is 2.13. The smallest absolute Gasteiger partial charge is 0.306 e. The fraction of sp³-hybridized carbons (Fsp3) is 0.667. The van der Waals surface area contributed by atoms with Gasteiger partial charge in [0.05, 0.1) is 21.4 Å². The Morgan fingerprint density at radius 3 is 2.68 bits per heavy atom. The first-order chi connectivity index (χ1) is 8.89. The fourth-order valence-corrected chi connectivity index (χ4v) is 4.46. The highest BCUT2D eigenvalue weighted by Crippen LogP contribution is 2.38. The standard InChI is InChI=1S/C12H18N2O3S2/c1-7-10(19-11(13)14-7)18-6-12(17)4-2-8(3-5-12)9(15)16/h8,17H,2-6H2,1H3,(H2,13,14)(H,15,16). The Kier molecular flexibility index (Phi) is 4.37. The number of carboxylic acid groups (broad SMARTS) is 1. The number of nitrogen functional groups attached to an aromatic ring is 1. The quantitative estimate of drug-likeness (QED) is 0.737. The van der Waals surface area contributed by atoms with Gasteiger partial charge in [-0.05, 0) is 32.6 Å². The summed E-state index contributed by atoms with van der Waals surface area (Å²) in [4.78, 5) is 15.0. The lowest BCUT2D eigenvalue weighted by molar-refractivity contribution is -0.144. The van der Waals surface area contributed by atoms with Crippen molar-refractivity contribution in [2.24, 2.45) is 5.92 Å². The molecule has 0 spiro atoms. The molecule has 7 heteroatoms. The lowest BCUT2D eigenvalue weighted by Gasteiger charge is -2.34. The first-order valence-electron chi connectivity index (χ1n) is 6.20. The van der Waals surface area contributed by atoms with Crippen molar-refractivity contribution in [1.82, 2.24) is 4.98 Å². The molecule has 1 aliphatic carbocycles. The molecular formula is C12H18N2O3S2. The van der Waals surface area contributed by atoms with Crippen molar-refractivity contribution in [3.63, 3.8) is 0 Å². The lowest BCUT2D eigenvalue weighted by Crippen LogP contribution is -2.38. The van der Waals surface area contributed by atoms with Gasteiger partial charge in [0.1, 0.15) is 0 Å². The van der Waals surface area contributed by atoms with Crippen LogP contribution in [0.4, 0.5) is 5.13 Å². The Labute approximate surface area is 120 Å². The van der Waals surface area contributed by atoms with Gasteiger partial charge in [-0.25, -0.2) is 4.98 Å². The molecule has 2 rings (SSSR count). The second kappa shape index (κ2) is 5.68. The van der Waals surface area contributed by atoms with E-state index in [9.17, 15) is 9.90 Å². The summed E-state index contributed by atoms with van der Waals surface area (Å²) in [5.41, 5.74) is 5.78. The van der Waals surface area contributed by atoms with Crippen LogP contribution in [-0.4, -0.2) is 32.5 Å². The van der Waals surface area contributed by atoms with Gasteiger partial charge >= 0.3 is 5.97 Å². The van der Waals surface area contributed by atoms with E-state index in [4.69, 9.17) is 10.8 Å². The van der Waals surface area contributed by atoms with Gasteiger partial charge in [-0.3, -0.25) is 4.79 Å². The summed E-state index contributed by atoms with van der Waals surface area (Å²) in [5.74, 6) is -0.478. The molecule has 1 fully saturated rings. The van der Waals surface area contributed by atoms with Gasteiger partial charge in [-0.15, -0.1) is 11.8 Å². The molecule has 106 valence electrons. The second-order valence-corrected chi connectivity index (χ2v) is 7.33. The summed E-state index contributed by atoms with van der Waals surface area (Å²) in [6.45, 7) is 1.90. The fourth-order valence-electron chi connectivity index (χ4n) is 2.28. The average molecular weight is 302 g/mol. The first kappa shape index (κ1) is 14.6. The molecule has 1 aromatic heterocycles. The number of aliphatic carboxylic acids is 1. The summed E-state index contributed by atoms with van der Waals surface area (Å²) >= 11 is 2.99. The van der Waals surface area contributed by atoms with E-state index in [1.165, 1.54) is 11.3 Å². The van der Waals surface area contributed by atoms with Crippen molar-refractivity contribution < 1.29 is 15.0 Å². The zero-order chi connectivity index (χ0) is 14.0. The molecule has 0 amide bonds. The number of carboxylic acids is 1. The van der Waals surface area contributed by atoms with Crippen molar-refractivity contribution in [3.05, 3.63) is 5.69 Å². The van der Waals surface area contributed by atoms with Gasteiger partial charge in [0, 0.05) is 5.75 Å². The molecule has 1 aliphatic rings. The van der Waals surface area contributed by atoms with E-state index in [2.05, 4.69) is 4.98 Å². The minimum atomic E-state index is -0.762. The van der Waals surface area contributed by atoms with Crippen LogP contribution in [-0.2, 0) is 4.79 Å². The van der Waals surface area contributed by atoms with Crippen LogP contribution < -0.4 is 5.73 Å². The van der Waals surface area contributed by atoms with Crippen molar-refractivity contribution in [2.75, 3.05) is 11.5 Å². The molecule has 0 saturated heterocycles. The molecular weight excluding hydrogens is 284 g/mol. The minimum absolute atomic E-state index is 0.300. The number of thioether (sulfide) groups is 1. The van der Waals surface area contributed by atoms with Crippen LogP contribution in [0.1, 0.15) is 31.4 Å². The molecule has 1 heterocycles. The predicted molar refractivity (Wildman–Crippen MR) is 76.5 cm³/mol. The van der Waals surface area contributed by atoms with Crippen LogP contribution >= 0.6 is 23.1 Å². The number of hydrogen-bond donors (Lipinski definition) is 3. The number of aliphatic hydroxyl groups is 1. The molecule has 0 aromatic carbocycles. The summed E-state index contributed by atoms with van der Waals surface area (Å²) in [7, 11) is 0. The Hall–Kier alpha value is -0.790. The Morgan fingerprint density at radius 2 is 2.21 bits per heavy atom. The summed E-state index contributed by atoms with van der Waals surface area (Å²) < 4.78 is 1.03. The highest BCUT2D eigenvalue weighted by atomic mass is 32.2. The van der Waals surface area contributed by atoms with E-state index in [0.717, 1.165) is 9.90 Å². The number of carbonyl (C=O) groups is 1. The van der Waals surface area contributed by atoms with Gasteiger partial charge in [-0.2, -0.15) is 0 Å². The van der Waals surface area contributed by atoms with E-state index in [-0.39, 0.29) is 5.92 Å². The van der Waals surface area contributed by atoms with Crippen LogP contribution in [0.3, 0.4) is 0 Å². The molecule has 1 aromatic rings. The van der Waals surface area contributed by atoms with Crippen LogP contribution in [0.15, 0.2) is 4.21 Å². The molecule has 1 saturated carbocycles. The number of nitrogens with zero attached hydrogens (tertiary/aromatic N) is 1. The Balaban J connectivity index is 1.89. The largest absolute Gasteiger partial charge is 0.481 e. The number of hydrogen-bond acceptors (Lipinski definition) is 6. The van der Waals surface area contributed by atoms with Crippen LogP contribution in [0.2, 0.25) is 0 Å². The normalized spacial score (nSPS) is 27.4. The third-order valence-corrected chi connectivity index (χ3v) is 6.13. The van der Waals surface area contributed by atoms with E-state index in [0.29, 0.717) is 36.6 Å². The van der Waals surface area contributed by atoms with E-state index in [1.807, 2.05) is 6.92 Å². The van der Waals surface area contributed by atoms with Crippen LogP contribution in [0.5, 0.6) is 0 Å². The summed E-state index contributed by atoms with van der Waals surface area (Å²) in [6, 6.07) is 0. The molecule has 0 aliphatic heterocycles. The van der Waals surface area contributed by atoms with Gasteiger partial charge < -0.3 is 15.9 Å². The monoisotopic (exact) mass is 302 g/mol. The molecule has 0 unspecified atom stereocenters. The Morgan fingerprint density at radius 1 is 1.58 bits per heavy atom. The summed E-state index contributed by atoms with van der Waals surface area (Å²) in [5, 5.41) is 20.0. The third-order valence-electron chi connectivity index (χ3n) is 3.51. The van der Waals surface area contributed by atoms with E-state index < -0.39 is 11.6 Å². The van der Waals surface area contributed by atoms with Gasteiger partial charge in [0.25, 0.3) is 0 Å². The number of aryl methyl sites for hydroxylation is 1. The van der Waals surface area contributed by atoms with Crippen molar-refractivity contribution >= 4 is 34.2 Å². The maximum absolute atomic E-state index is 10.9. The summed E-state index contributed by atoms with van der Waals surface area (Å²) in [6.07, 6.45) is 2.20. The molecule has 0 bridgehead atoms. The van der Waals surface area contributed by atoms with Gasteiger partial charge in [0.2, 0.25) is 0 Å². The number of thiazole rings is 1. The first-order valence-corrected chi connectivity index (χ1v) is 8.01. The zero-order valence-electron chi connectivity index (χ0n) is 10.8. The molecule has 0 atom stereocenters. The zero-order valence-corrected chi connectivity index (χ0v) is 12.4. The highest BCUT2D eigenvalue weighted by molar-refractivity contribution is 8.01. The number of nitrogens with two attached hydrogens (primary N) is 1. The van der Waals surface area contributed by atoms with E-state index in [1.54, 1.807) is 11.8 Å². The van der Waals surface area contributed by atoms with Crippen molar-refractivity contribution in [2.45, 2.75) is 42.4 Å². The van der Waals surface area contributed by atoms with E-state index >= 15 is 0 Å². The highest BCUT2D eigenvalue weighted by Gasteiger charge is 2.35.